The van der Waals surface area contributed by atoms with E-state index in [-0.39, 0.29) is 11.8 Å². The van der Waals surface area contributed by atoms with Gasteiger partial charge in [-0.05, 0) is 32.2 Å². The van der Waals surface area contributed by atoms with Gasteiger partial charge in [-0.1, -0.05) is 13.8 Å². The van der Waals surface area contributed by atoms with Crippen molar-refractivity contribution in [3.8, 4) is 0 Å². The predicted molar refractivity (Wildman–Crippen MR) is 85.1 cm³/mol. The second-order valence-electron chi connectivity index (χ2n) is 5.72. The van der Waals surface area contributed by atoms with Crippen LogP contribution < -0.4 is 5.32 Å². The molecule has 1 aliphatic heterocycles. The minimum Gasteiger partial charge on any atom is -0.343 e. The smallest absolute Gasteiger partial charge is 0.222 e. The number of nitrogens with zero attached hydrogens (tertiary/aromatic N) is 2. The molecule has 5 heteroatoms. The van der Waals surface area contributed by atoms with Crippen LogP contribution in [0.5, 0.6) is 0 Å². The lowest BCUT2D eigenvalue weighted by molar-refractivity contribution is -0.132. The maximum absolute atomic E-state index is 12.1. The molecule has 0 saturated carbocycles. The summed E-state index contributed by atoms with van der Waals surface area (Å²) in [6.45, 7) is 9.36. The molecule has 0 atom stereocenters. The summed E-state index contributed by atoms with van der Waals surface area (Å²) in [4.78, 5) is 28.1. The van der Waals surface area contributed by atoms with Gasteiger partial charge in [-0.2, -0.15) is 0 Å². The predicted octanol–water partition coefficient (Wildman–Crippen LogP) is 1.63. The molecule has 0 bridgehead atoms. The topological polar surface area (TPSA) is 52.7 Å². The number of carbonyl (C=O) groups is 2. The largest absolute Gasteiger partial charge is 0.343 e. The third-order valence-corrected chi connectivity index (χ3v) is 3.81. The van der Waals surface area contributed by atoms with Crippen molar-refractivity contribution >= 4 is 11.8 Å². The lowest BCUT2D eigenvalue weighted by Gasteiger charge is -2.22. The van der Waals surface area contributed by atoms with E-state index in [1.165, 1.54) is 0 Å². The van der Waals surface area contributed by atoms with E-state index in [1.807, 2.05) is 9.80 Å². The minimum atomic E-state index is 0.198. The third-order valence-electron chi connectivity index (χ3n) is 3.81. The van der Waals surface area contributed by atoms with Crippen LogP contribution in [0.4, 0.5) is 0 Å². The summed E-state index contributed by atoms with van der Waals surface area (Å²) >= 11 is 0. The zero-order valence-corrected chi connectivity index (χ0v) is 13.7. The molecule has 5 nitrogen and oxygen atoms in total. The first-order valence-electron chi connectivity index (χ1n) is 8.45. The molecule has 0 unspecified atom stereocenters. The van der Waals surface area contributed by atoms with E-state index in [0.29, 0.717) is 19.3 Å². The Balaban J connectivity index is 2.27. The molecule has 122 valence electrons. The number of nitrogens with one attached hydrogen (secondary N) is 1. The Bertz CT molecular complexity index is 293. The molecule has 0 aromatic heterocycles. The van der Waals surface area contributed by atoms with Crippen molar-refractivity contribution < 1.29 is 9.59 Å². The summed E-state index contributed by atoms with van der Waals surface area (Å²) < 4.78 is 0. The van der Waals surface area contributed by atoms with Crippen LogP contribution in [0.15, 0.2) is 0 Å². The molecule has 2 amide bonds. The summed E-state index contributed by atoms with van der Waals surface area (Å²) in [7, 11) is 0. The molecule has 1 saturated heterocycles. The molecule has 21 heavy (non-hydrogen) atoms. The Morgan fingerprint density at radius 3 is 2.43 bits per heavy atom. The Hall–Kier alpha value is -1.10. The molecule has 0 spiro atoms. The standard InChI is InChI=1S/C16H31N3O2/c1-3-11-18(12-4-2)15(20)7-5-8-16(21)19-13-6-9-17-10-14-19/h17H,3-14H2,1-2H3. The first-order chi connectivity index (χ1) is 10.2. The highest BCUT2D eigenvalue weighted by molar-refractivity contribution is 5.79. The Morgan fingerprint density at radius 1 is 1.05 bits per heavy atom. The van der Waals surface area contributed by atoms with Gasteiger partial charge in [0.2, 0.25) is 11.8 Å². The van der Waals surface area contributed by atoms with Crippen molar-refractivity contribution in [1.29, 1.82) is 0 Å². The second-order valence-corrected chi connectivity index (χ2v) is 5.72. The van der Waals surface area contributed by atoms with E-state index in [9.17, 15) is 9.59 Å². The van der Waals surface area contributed by atoms with Crippen molar-refractivity contribution in [2.75, 3.05) is 39.3 Å². The number of hydrogen-bond acceptors (Lipinski definition) is 3. The number of amides is 2. The summed E-state index contributed by atoms with van der Waals surface area (Å²) in [6.07, 6.45) is 4.67. The summed E-state index contributed by atoms with van der Waals surface area (Å²) in [5.41, 5.74) is 0. The zero-order valence-electron chi connectivity index (χ0n) is 13.7. The van der Waals surface area contributed by atoms with E-state index in [0.717, 1.165) is 58.5 Å². The van der Waals surface area contributed by atoms with E-state index in [2.05, 4.69) is 19.2 Å². The van der Waals surface area contributed by atoms with Crippen molar-refractivity contribution in [3.63, 3.8) is 0 Å². The van der Waals surface area contributed by atoms with Crippen LogP contribution in [0.3, 0.4) is 0 Å². The average Bonchev–Trinajstić information content (AvgIpc) is 2.76. The molecule has 1 aliphatic rings. The molecule has 1 rings (SSSR count). The van der Waals surface area contributed by atoms with Gasteiger partial charge in [-0.15, -0.1) is 0 Å². The van der Waals surface area contributed by atoms with Crippen molar-refractivity contribution in [2.45, 2.75) is 52.4 Å². The van der Waals surface area contributed by atoms with E-state index in [1.54, 1.807) is 0 Å². The quantitative estimate of drug-likeness (QED) is 0.741. The van der Waals surface area contributed by atoms with Crippen LogP contribution in [0.1, 0.15) is 52.4 Å². The van der Waals surface area contributed by atoms with Crippen LogP contribution in [0.25, 0.3) is 0 Å². The monoisotopic (exact) mass is 297 g/mol. The van der Waals surface area contributed by atoms with Gasteiger partial charge in [-0.25, -0.2) is 0 Å². The molecule has 0 aromatic carbocycles. The maximum atomic E-state index is 12.1. The van der Waals surface area contributed by atoms with Crippen LogP contribution in [0.2, 0.25) is 0 Å². The zero-order chi connectivity index (χ0) is 15.5. The van der Waals surface area contributed by atoms with E-state index >= 15 is 0 Å². The SMILES string of the molecule is CCCN(CCC)C(=O)CCCC(=O)N1CCCNCC1. The first-order valence-corrected chi connectivity index (χ1v) is 8.45. The number of carbonyl (C=O) groups excluding carboxylic acids is 2. The molecule has 1 fully saturated rings. The minimum absolute atomic E-state index is 0.198. The van der Waals surface area contributed by atoms with Gasteiger partial charge in [-0.3, -0.25) is 9.59 Å². The molecule has 0 radical (unpaired) electrons. The fourth-order valence-electron chi connectivity index (χ4n) is 2.70. The normalized spacial score (nSPS) is 15.6. The molecule has 1 N–H and O–H groups in total. The van der Waals surface area contributed by atoms with Crippen molar-refractivity contribution in [1.82, 2.24) is 15.1 Å². The van der Waals surface area contributed by atoms with E-state index in [4.69, 9.17) is 0 Å². The lowest BCUT2D eigenvalue weighted by atomic mass is 10.2. The Kier molecular flexibility index (Phi) is 9.06. The van der Waals surface area contributed by atoms with Gasteiger partial charge in [0, 0.05) is 45.6 Å². The van der Waals surface area contributed by atoms with Crippen LogP contribution >= 0.6 is 0 Å². The fraction of sp³-hybridized carbons (Fsp3) is 0.875. The fourth-order valence-corrected chi connectivity index (χ4v) is 2.70. The Labute approximate surface area is 129 Å². The molecule has 0 aliphatic carbocycles. The highest BCUT2D eigenvalue weighted by atomic mass is 16.2. The summed E-state index contributed by atoms with van der Waals surface area (Å²) in [6, 6.07) is 0. The van der Waals surface area contributed by atoms with Crippen LogP contribution in [0, 0.1) is 0 Å². The second kappa shape index (κ2) is 10.6. The molecule has 1 heterocycles. The van der Waals surface area contributed by atoms with Gasteiger partial charge in [0.15, 0.2) is 0 Å². The molecular weight excluding hydrogens is 266 g/mol. The average molecular weight is 297 g/mol. The van der Waals surface area contributed by atoms with Gasteiger partial charge in [0.25, 0.3) is 0 Å². The highest BCUT2D eigenvalue weighted by Crippen LogP contribution is 2.07. The van der Waals surface area contributed by atoms with Gasteiger partial charge in [0.05, 0.1) is 0 Å². The molecule has 0 aromatic rings. The van der Waals surface area contributed by atoms with Crippen LogP contribution in [-0.4, -0.2) is 60.9 Å². The third kappa shape index (κ3) is 6.93. The van der Waals surface area contributed by atoms with Crippen molar-refractivity contribution in [2.24, 2.45) is 0 Å². The van der Waals surface area contributed by atoms with Crippen molar-refractivity contribution in [3.05, 3.63) is 0 Å². The summed E-state index contributed by atoms with van der Waals surface area (Å²) in [5, 5.41) is 3.29. The number of rotatable bonds is 8. The molecular formula is C16H31N3O2. The highest BCUT2D eigenvalue weighted by Gasteiger charge is 2.16. The number of hydrogen-bond donors (Lipinski definition) is 1. The lowest BCUT2D eigenvalue weighted by Crippen LogP contribution is -2.35. The maximum Gasteiger partial charge on any atom is 0.222 e. The van der Waals surface area contributed by atoms with Gasteiger partial charge < -0.3 is 15.1 Å². The van der Waals surface area contributed by atoms with Gasteiger partial charge >= 0.3 is 0 Å². The van der Waals surface area contributed by atoms with Gasteiger partial charge in [0.1, 0.15) is 0 Å². The van der Waals surface area contributed by atoms with E-state index < -0.39 is 0 Å². The first kappa shape index (κ1) is 18.0. The van der Waals surface area contributed by atoms with Crippen LogP contribution in [-0.2, 0) is 9.59 Å². The summed E-state index contributed by atoms with van der Waals surface area (Å²) in [5.74, 6) is 0.396. The Morgan fingerprint density at radius 2 is 1.76 bits per heavy atom.